The Balaban J connectivity index is 1.42. The van der Waals surface area contributed by atoms with Crippen LogP contribution in [0.2, 0.25) is 0 Å². The number of carbonyl (C=O) groups excluding carboxylic acids is 1. The first kappa shape index (κ1) is 19.1. The standard InChI is InChI=1S/C22H31N5O/c1-15-13-16(2)25-20-19(15)21(24-14-23-20)27-11-9-17(10-12-27)22(28)26-18-7-5-3-4-6-8-18/h13-14,17-18H,3-12H2,1-2H3,(H,26,28). The summed E-state index contributed by atoms with van der Waals surface area (Å²) in [5.74, 6) is 1.33. The molecule has 1 N–H and O–H groups in total. The molecule has 0 unspecified atom stereocenters. The smallest absolute Gasteiger partial charge is 0.223 e. The molecule has 2 aromatic heterocycles. The molecular weight excluding hydrogens is 350 g/mol. The maximum atomic E-state index is 12.8. The Bertz CT molecular complexity index is 836. The highest BCUT2D eigenvalue weighted by atomic mass is 16.1. The van der Waals surface area contributed by atoms with E-state index < -0.39 is 0 Å². The minimum atomic E-state index is 0.120. The Morgan fingerprint density at radius 2 is 1.75 bits per heavy atom. The largest absolute Gasteiger partial charge is 0.356 e. The molecule has 2 aliphatic rings. The van der Waals surface area contributed by atoms with Gasteiger partial charge in [0.2, 0.25) is 5.91 Å². The van der Waals surface area contributed by atoms with E-state index in [0.29, 0.717) is 6.04 Å². The minimum absolute atomic E-state index is 0.120. The Kier molecular flexibility index (Phi) is 5.74. The molecule has 2 aromatic rings. The summed E-state index contributed by atoms with van der Waals surface area (Å²) < 4.78 is 0. The zero-order chi connectivity index (χ0) is 19.5. The van der Waals surface area contributed by atoms with E-state index in [-0.39, 0.29) is 11.8 Å². The fraction of sp³-hybridized carbons (Fsp3) is 0.636. The van der Waals surface area contributed by atoms with Crippen LogP contribution in [0.5, 0.6) is 0 Å². The highest BCUT2D eigenvalue weighted by Crippen LogP contribution is 2.29. The van der Waals surface area contributed by atoms with Crippen molar-refractivity contribution in [3.63, 3.8) is 0 Å². The Morgan fingerprint density at radius 1 is 1.04 bits per heavy atom. The van der Waals surface area contributed by atoms with Crippen LogP contribution >= 0.6 is 0 Å². The van der Waals surface area contributed by atoms with Crippen molar-refractivity contribution in [2.75, 3.05) is 18.0 Å². The molecule has 0 atom stereocenters. The van der Waals surface area contributed by atoms with Crippen LogP contribution in [0, 0.1) is 19.8 Å². The molecule has 0 bridgehead atoms. The summed E-state index contributed by atoms with van der Waals surface area (Å²) in [6.07, 6.45) is 10.8. The summed E-state index contributed by atoms with van der Waals surface area (Å²) in [7, 11) is 0. The molecule has 1 saturated heterocycles. The van der Waals surface area contributed by atoms with Gasteiger partial charge in [0, 0.05) is 30.7 Å². The number of rotatable bonds is 3. The third-order valence-electron chi connectivity index (χ3n) is 6.28. The molecule has 3 heterocycles. The first-order chi connectivity index (χ1) is 13.6. The molecule has 6 heteroatoms. The lowest BCUT2D eigenvalue weighted by molar-refractivity contribution is -0.126. The molecule has 2 fully saturated rings. The third-order valence-corrected chi connectivity index (χ3v) is 6.28. The van der Waals surface area contributed by atoms with Gasteiger partial charge in [-0.15, -0.1) is 0 Å². The van der Waals surface area contributed by atoms with E-state index in [1.54, 1.807) is 6.33 Å². The molecule has 0 radical (unpaired) electrons. The number of aryl methyl sites for hydroxylation is 2. The van der Waals surface area contributed by atoms with Crippen molar-refractivity contribution in [2.45, 2.75) is 71.3 Å². The summed E-state index contributed by atoms with van der Waals surface area (Å²) in [6, 6.07) is 2.47. The van der Waals surface area contributed by atoms with Crippen molar-refractivity contribution in [1.82, 2.24) is 20.3 Å². The van der Waals surface area contributed by atoms with Crippen molar-refractivity contribution in [2.24, 2.45) is 5.92 Å². The van der Waals surface area contributed by atoms with Gasteiger partial charge in [0.05, 0.1) is 5.39 Å². The predicted octanol–water partition coefficient (Wildman–Crippen LogP) is 3.70. The molecule has 1 saturated carbocycles. The van der Waals surface area contributed by atoms with E-state index in [2.05, 4.69) is 38.2 Å². The van der Waals surface area contributed by atoms with Gasteiger partial charge >= 0.3 is 0 Å². The molecule has 0 aromatic carbocycles. The van der Waals surface area contributed by atoms with Crippen LogP contribution in [-0.4, -0.2) is 40.0 Å². The number of hydrogen-bond donors (Lipinski definition) is 1. The molecule has 150 valence electrons. The van der Waals surface area contributed by atoms with E-state index in [9.17, 15) is 4.79 Å². The van der Waals surface area contributed by atoms with E-state index in [4.69, 9.17) is 0 Å². The van der Waals surface area contributed by atoms with E-state index in [0.717, 1.165) is 66.9 Å². The van der Waals surface area contributed by atoms with Crippen LogP contribution in [0.1, 0.15) is 62.6 Å². The highest BCUT2D eigenvalue weighted by molar-refractivity contribution is 5.90. The number of hydrogen-bond acceptors (Lipinski definition) is 5. The fourth-order valence-corrected chi connectivity index (χ4v) is 4.73. The SMILES string of the molecule is Cc1cc(C)c2c(N3CCC(C(=O)NC4CCCCCC4)CC3)ncnc2n1. The maximum absolute atomic E-state index is 12.8. The van der Waals surface area contributed by atoms with Crippen molar-refractivity contribution in [3.05, 3.63) is 23.7 Å². The lowest BCUT2D eigenvalue weighted by atomic mass is 9.94. The summed E-state index contributed by atoms with van der Waals surface area (Å²) >= 11 is 0. The lowest BCUT2D eigenvalue weighted by Crippen LogP contribution is -2.44. The predicted molar refractivity (Wildman–Crippen MR) is 111 cm³/mol. The maximum Gasteiger partial charge on any atom is 0.223 e. The fourth-order valence-electron chi connectivity index (χ4n) is 4.73. The van der Waals surface area contributed by atoms with Crippen molar-refractivity contribution in [1.29, 1.82) is 0 Å². The van der Waals surface area contributed by atoms with E-state index in [1.165, 1.54) is 25.7 Å². The van der Waals surface area contributed by atoms with Gasteiger partial charge in [-0.2, -0.15) is 0 Å². The molecule has 1 aliphatic heterocycles. The summed E-state index contributed by atoms with van der Waals surface area (Å²) in [5, 5.41) is 4.37. The summed E-state index contributed by atoms with van der Waals surface area (Å²) in [4.78, 5) is 28.6. The molecule has 28 heavy (non-hydrogen) atoms. The topological polar surface area (TPSA) is 71.0 Å². The zero-order valence-corrected chi connectivity index (χ0v) is 17.1. The molecule has 1 aliphatic carbocycles. The first-order valence-corrected chi connectivity index (χ1v) is 10.8. The average molecular weight is 382 g/mol. The number of nitrogens with one attached hydrogen (secondary N) is 1. The van der Waals surface area contributed by atoms with Gasteiger partial charge in [-0.3, -0.25) is 4.79 Å². The van der Waals surface area contributed by atoms with Gasteiger partial charge < -0.3 is 10.2 Å². The number of fused-ring (bicyclic) bond motifs is 1. The highest BCUT2D eigenvalue weighted by Gasteiger charge is 2.28. The Hall–Kier alpha value is -2.24. The van der Waals surface area contributed by atoms with Crippen LogP contribution in [0.4, 0.5) is 5.82 Å². The van der Waals surface area contributed by atoms with Crippen LogP contribution in [0.25, 0.3) is 11.0 Å². The van der Waals surface area contributed by atoms with Crippen LogP contribution in [0.15, 0.2) is 12.4 Å². The van der Waals surface area contributed by atoms with Gasteiger partial charge in [0.25, 0.3) is 0 Å². The number of amides is 1. The van der Waals surface area contributed by atoms with Crippen LogP contribution < -0.4 is 10.2 Å². The van der Waals surface area contributed by atoms with Gasteiger partial charge in [-0.05, 0) is 51.2 Å². The molecule has 0 spiro atoms. The normalized spacial score (nSPS) is 19.6. The van der Waals surface area contributed by atoms with E-state index in [1.807, 2.05) is 6.92 Å². The van der Waals surface area contributed by atoms with Crippen LogP contribution in [0.3, 0.4) is 0 Å². The molecule has 4 rings (SSSR count). The number of pyridine rings is 1. The zero-order valence-electron chi connectivity index (χ0n) is 17.1. The van der Waals surface area contributed by atoms with Crippen molar-refractivity contribution >= 4 is 22.8 Å². The molecule has 6 nitrogen and oxygen atoms in total. The average Bonchev–Trinajstić information content (AvgIpc) is 2.96. The quantitative estimate of drug-likeness (QED) is 0.821. The van der Waals surface area contributed by atoms with Crippen molar-refractivity contribution in [3.8, 4) is 0 Å². The Labute approximate surface area is 167 Å². The second-order valence-corrected chi connectivity index (χ2v) is 8.43. The number of nitrogens with zero attached hydrogens (tertiary/aromatic N) is 4. The number of carbonyl (C=O) groups is 1. The van der Waals surface area contributed by atoms with Gasteiger partial charge in [0.15, 0.2) is 5.65 Å². The third kappa shape index (κ3) is 4.10. The molecule has 1 amide bonds. The van der Waals surface area contributed by atoms with Crippen molar-refractivity contribution < 1.29 is 4.79 Å². The summed E-state index contributed by atoms with van der Waals surface area (Å²) in [6.45, 7) is 5.79. The second-order valence-electron chi connectivity index (χ2n) is 8.43. The Morgan fingerprint density at radius 3 is 2.46 bits per heavy atom. The molecular formula is C22H31N5O. The lowest BCUT2D eigenvalue weighted by Gasteiger charge is -2.33. The van der Waals surface area contributed by atoms with E-state index >= 15 is 0 Å². The van der Waals surface area contributed by atoms with Gasteiger partial charge in [-0.1, -0.05) is 25.7 Å². The number of piperidine rings is 1. The minimum Gasteiger partial charge on any atom is -0.356 e. The van der Waals surface area contributed by atoms with Gasteiger partial charge in [-0.25, -0.2) is 15.0 Å². The number of anilines is 1. The summed E-state index contributed by atoms with van der Waals surface area (Å²) in [5.41, 5.74) is 2.89. The second kappa shape index (κ2) is 8.41. The monoisotopic (exact) mass is 381 g/mol. The first-order valence-electron chi connectivity index (χ1n) is 10.8. The van der Waals surface area contributed by atoms with Gasteiger partial charge in [0.1, 0.15) is 12.1 Å². The van der Waals surface area contributed by atoms with Crippen LogP contribution in [-0.2, 0) is 4.79 Å². The number of aromatic nitrogens is 3.